The van der Waals surface area contributed by atoms with Crippen LogP contribution in [0, 0.1) is 29.1 Å². The van der Waals surface area contributed by atoms with Crippen LogP contribution in [-0.2, 0) is 40.4 Å². The van der Waals surface area contributed by atoms with Gasteiger partial charge >= 0.3 is 5.97 Å². The summed E-state index contributed by atoms with van der Waals surface area (Å²) in [5.41, 5.74) is 0.379. The molecule has 1 aromatic carbocycles. The number of piperidine rings is 1. The van der Waals surface area contributed by atoms with Crippen molar-refractivity contribution in [2.45, 2.75) is 196 Å². The standard InChI is InChI=1S/C53H72N4O9S/c1-4-24-56-36-20-21-37(56)27-38(26-36)64-48-40-17-12-13-19-43(40)54-49-41(48)18-11-7-10-16-34-25-46(34)66-47(59)29-42(33-14-8-6-9-15-33)50(60)57-32-39(65-49)28-44(57)45(58)31-53(30-35(53)5-2)51(61)55-67(62,63)52(3)22-23-52/h5,12-13,17,19,33-39,42,44,46H,2,4,6-11,14-16,18,20-32H2,1,3H3,(H,55,61)/t34-,35-,36?,37?,38?,39-,42+,44+,46-,53-/m1/s1. The van der Waals surface area contributed by atoms with Crippen LogP contribution in [0.5, 0.6) is 11.6 Å². The number of allylic oxidation sites excluding steroid dienone is 1. The van der Waals surface area contributed by atoms with Gasteiger partial charge in [-0.15, -0.1) is 6.58 Å². The number of ether oxygens (including phenoxy) is 3. The third kappa shape index (κ3) is 9.40. The Bertz CT molecular complexity index is 2350. The van der Waals surface area contributed by atoms with E-state index in [2.05, 4.69) is 29.2 Å². The van der Waals surface area contributed by atoms with Crippen molar-refractivity contribution in [1.82, 2.24) is 19.5 Å². The fourth-order valence-electron chi connectivity index (χ4n) is 12.9. The Morgan fingerprint density at radius 1 is 0.940 bits per heavy atom. The molecule has 1 aromatic heterocycles. The Kier molecular flexibility index (Phi) is 13.0. The number of rotatable bonds is 12. The number of amides is 2. The number of Topliss-reactive ketones (excluding diaryl/α,β-unsaturated/α-hetero) is 1. The first kappa shape index (κ1) is 46.7. The average molecular weight is 941 g/mol. The molecule has 4 aliphatic heterocycles. The number of benzene rings is 1. The smallest absolute Gasteiger partial charge is 0.306 e. The van der Waals surface area contributed by atoms with E-state index < -0.39 is 50.1 Å². The van der Waals surface area contributed by atoms with Crippen LogP contribution in [0.4, 0.5) is 0 Å². The van der Waals surface area contributed by atoms with E-state index in [1.54, 1.807) is 17.9 Å². The molecule has 4 bridgehead atoms. The van der Waals surface area contributed by atoms with E-state index in [1.807, 2.05) is 18.2 Å². The predicted molar refractivity (Wildman–Crippen MR) is 254 cm³/mol. The summed E-state index contributed by atoms with van der Waals surface area (Å²) in [5.74, 6) is -1.15. The molecule has 9 atom stereocenters. The molecule has 7 fully saturated rings. The van der Waals surface area contributed by atoms with E-state index in [1.165, 1.54) is 12.8 Å². The fraction of sp³-hybridized carbons (Fsp3) is 0.717. The number of ketones is 1. The third-order valence-corrected chi connectivity index (χ3v) is 19.6. The number of carbonyl (C=O) groups excluding carboxylic acids is 4. The molecular weight excluding hydrogens is 869 g/mol. The molecule has 2 aromatic rings. The van der Waals surface area contributed by atoms with Gasteiger partial charge in [0.1, 0.15) is 24.1 Å². The Balaban J connectivity index is 0.992. The van der Waals surface area contributed by atoms with Crippen molar-refractivity contribution in [3.05, 3.63) is 42.5 Å². The molecule has 0 spiro atoms. The largest absolute Gasteiger partial charge is 0.489 e. The lowest BCUT2D eigenvalue weighted by molar-refractivity contribution is -0.153. The number of nitrogens with zero attached hydrogens (tertiary/aromatic N) is 3. The number of hydrogen-bond donors (Lipinski definition) is 1. The first-order valence-electron chi connectivity index (χ1n) is 26.0. The van der Waals surface area contributed by atoms with Gasteiger partial charge in [-0.05, 0) is 133 Å². The highest BCUT2D eigenvalue weighted by Gasteiger charge is 2.63. The van der Waals surface area contributed by atoms with Crippen LogP contribution in [-0.4, -0.2) is 101 Å². The summed E-state index contributed by atoms with van der Waals surface area (Å²) >= 11 is 0. The molecule has 67 heavy (non-hydrogen) atoms. The highest BCUT2D eigenvalue weighted by Crippen LogP contribution is 2.57. The van der Waals surface area contributed by atoms with Crippen LogP contribution >= 0.6 is 0 Å². The minimum atomic E-state index is -3.96. The Labute approximate surface area is 396 Å². The molecule has 10 rings (SSSR count). The van der Waals surface area contributed by atoms with Gasteiger partial charge in [-0.1, -0.05) is 57.2 Å². The molecule has 8 aliphatic rings. The minimum Gasteiger partial charge on any atom is -0.489 e. The monoisotopic (exact) mass is 941 g/mol. The van der Waals surface area contributed by atoms with Crippen LogP contribution in [0.1, 0.15) is 154 Å². The fourth-order valence-corrected chi connectivity index (χ4v) is 14.2. The normalized spacial score (nSPS) is 34.4. The van der Waals surface area contributed by atoms with Crippen LogP contribution < -0.4 is 14.2 Å². The summed E-state index contributed by atoms with van der Waals surface area (Å²) in [7, 11) is -3.96. The van der Waals surface area contributed by atoms with Gasteiger partial charge in [0.05, 0.1) is 46.2 Å². The summed E-state index contributed by atoms with van der Waals surface area (Å²) < 4.78 is 48.3. The second-order valence-electron chi connectivity index (χ2n) is 22.1. The first-order chi connectivity index (χ1) is 32.3. The second kappa shape index (κ2) is 18.7. The van der Waals surface area contributed by atoms with Crippen molar-refractivity contribution in [2.75, 3.05) is 13.1 Å². The molecule has 364 valence electrons. The predicted octanol–water partition coefficient (Wildman–Crippen LogP) is 8.15. The quantitative estimate of drug-likeness (QED) is 0.162. The van der Waals surface area contributed by atoms with Crippen molar-refractivity contribution in [3.63, 3.8) is 0 Å². The van der Waals surface area contributed by atoms with Crippen molar-refractivity contribution in [2.24, 2.45) is 29.1 Å². The van der Waals surface area contributed by atoms with Crippen molar-refractivity contribution >= 4 is 44.5 Å². The molecule has 2 unspecified atom stereocenters. The number of aromatic nitrogens is 1. The number of carbonyl (C=O) groups is 4. The molecular formula is C53H72N4O9S. The van der Waals surface area contributed by atoms with Gasteiger partial charge in [-0.25, -0.2) is 13.4 Å². The number of esters is 1. The number of para-hydroxylation sites is 1. The molecule has 1 N–H and O–H groups in total. The maximum atomic E-state index is 15.3. The lowest BCUT2D eigenvalue weighted by Crippen LogP contribution is -2.48. The Morgan fingerprint density at radius 3 is 2.36 bits per heavy atom. The molecule has 13 nitrogen and oxygen atoms in total. The van der Waals surface area contributed by atoms with Gasteiger partial charge in [0.15, 0.2) is 5.78 Å². The summed E-state index contributed by atoms with van der Waals surface area (Å²) in [6.45, 7) is 9.02. The van der Waals surface area contributed by atoms with Gasteiger partial charge in [0.25, 0.3) is 0 Å². The highest BCUT2D eigenvalue weighted by atomic mass is 32.2. The maximum Gasteiger partial charge on any atom is 0.306 e. The minimum absolute atomic E-state index is 0.0395. The molecule has 5 heterocycles. The molecule has 0 radical (unpaired) electrons. The van der Waals surface area contributed by atoms with Crippen molar-refractivity contribution in [3.8, 4) is 11.6 Å². The lowest BCUT2D eigenvalue weighted by atomic mass is 9.77. The summed E-state index contributed by atoms with van der Waals surface area (Å²) in [5, 5.41) is 0.951. The summed E-state index contributed by atoms with van der Waals surface area (Å²) in [6.07, 6.45) is 17.4. The van der Waals surface area contributed by atoms with Gasteiger partial charge < -0.3 is 19.1 Å². The number of nitrogens with one attached hydrogen (secondary N) is 1. The topological polar surface area (TPSA) is 162 Å². The number of pyridine rings is 1. The van der Waals surface area contributed by atoms with E-state index >= 15 is 9.59 Å². The van der Waals surface area contributed by atoms with Crippen molar-refractivity contribution < 1.29 is 41.8 Å². The third-order valence-electron chi connectivity index (χ3n) is 17.5. The highest BCUT2D eigenvalue weighted by molar-refractivity contribution is 7.91. The van der Waals surface area contributed by atoms with Crippen LogP contribution in [0.15, 0.2) is 36.9 Å². The second-order valence-corrected chi connectivity index (χ2v) is 24.3. The molecule has 4 aliphatic carbocycles. The maximum absolute atomic E-state index is 15.3. The zero-order valence-corrected chi connectivity index (χ0v) is 40.6. The summed E-state index contributed by atoms with van der Waals surface area (Å²) in [6, 6.07) is 8.13. The first-order valence-corrected chi connectivity index (χ1v) is 27.5. The van der Waals surface area contributed by atoms with Crippen molar-refractivity contribution in [1.29, 1.82) is 0 Å². The number of sulfonamides is 1. The SMILES string of the molecule is C=C[C@@H]1C[C@]1(CC(=O)[C@@H]1C[C@@H]2CN1C(=O)[C@H](C1CCCCC1)CC(=O)O[C@@H]1C[C@H]1CCCCCc1c(nc3ccccc3c1OC1CC3CCC(C1)N3CCC)O2)C(=O)NS(=O)(=O)C1(C)CC1. The molecule has 3 saturated heterocycles. The van der Waals surface area contributed by atoms with E-state index in [0.29, 0.717) is 43.1 Å². The number of hydrogen-bond acceptors (Lipinski definition) is 11. The molecule has 4 saturated carbocycles. The van der Waals surface area contributed by atoms with Gasteiger partial charge in [-0.3, -0.25) is 28.8 Å². The zero-order valence-electron chi connectivity index (χ0n) is 39.8. The molecule has 14 heteroatoms. The van der Waals surface area contributed by atoms with E-state index in [9.17, 15) is 18.0 Å². The Hall–Kier alpha value is -4.04. The van der Waals surface area contributed by atoms with E-state index in [-0.39, 0.29) is 68.0 Å². The summed E-state index contributed by atoms with van der Waals surface area (Å²) in [4.78, 5) is 67.6. The van der Waals surface area contributed by atoms with Gasteiger partial charge in [0, 0.05) is 30.3 Å². The molecule has 2 amide bonds. The van der Waals surface area contributed by atoms with Gasteiger partial charge in [-0.2, -0.15) is 0 Å². The van der Waals surface area contributed by atoms with E-state index in [4.69, 9.17) is 19.2 Å². The van der Waals surface area contributed by atoms with Crippen LogP contribution in [0.25, 0.3) is 10.9 Å². The number of fused-ring (bicyclic) bond motifs is 7. The lowest BCUT2D eigenvalue weighted by Gasteiger charge is -2.39. The zero-order chi connectivity index (χ0) is 46.7. The van der Waals surface area contributed by atoms with Gasteiger partial charge in [0.2, 0.25) is 27.7 Å². The average Bonchev–Trinajstić information content (AvgIpc) is 4.27. The van der Waals surface area contributed by atoms with Crippen LogP contribution in [0.2, 0.25) is 0 Å². The van der Waals surface area contributed by atoms with E-state index in [0.717, 1.165) is 112 Å². The Morgan fingerprint density at radius 2 is 1.66 bits per heavy atom. The van der Waals surface area contributed by atoms with Crippen LogP contribution in [0.3, 0.4) is 0 Å².